The molecule has 0 radical (unpaired) electrons. The van der Waals surface area contributed by atoms with E-state index in [0.717, 1.165) is 36.0 Å². The first kappa shape index (κ1) is 16.4. The number of thiophene rings is 1. The van der Waals surface area contributed by atoms with E-state index in [1.807, 2.05) is 29.8 Å². The van der Waals surface area contributed by atoms with Gasteiger partial charge in [-0.1, -0.05) is 30.3 Å². The fourth-order valence-electron chi connectivity index (χ4n) is 3.90. The lowest BCUT2D eigenvalue weighted by Gasteiger charge is -2.20. The molecule has 0 aliphatic heterocycles. The SMILES string of the molecule is CN(Cc1nccn1Cc1ccccc1)c1ncnc2sc3c(c12)CCC3. The Morgan fingerprint density at radius 3 is 2.89 bits per heavy atom. The van der Waals surface area contributed by atoms with Gasteiger partial charge in [0.1, 0.15) is 22.8 Å². The second-order valence-electron chi connectivity index (χ2n) is 7.05. The first-order valence-corrected chi connectivity index (χ1v) is 10.1. The van der Waals surface area contributed by atoms with Gasteiger partial charge in [-0.2, -0.15) is 0 Å². The number of rotatable bonds is 5. The molecule has 0 spiro atoms. The van der Waals surface area contributed by atoms with Crippen LogP contribution in [0, 0.1) is 0 Å². The quantitative estimate of drug-likeness (QED) is 0.528. The van der Waals surface area contributed by atoms with Gasteiger partial charge in [-0.3, -0.25) is 0 Å². The average Bonchev–Trinajstić information content (AvgIpc) is 3.39. The molecule has 3 aromatic heterocycles. The number of anilines is 1. The van der Waals surface area contributed by atoms with Gasteiger partial charge in [-0.25, -0.2) is 15.0 Å². The highest BCUT2D eigenvalue weighted by molar-refractivity contribution is 7.19. The van der Waals surface area contributed by atoms with E-state index in [-0.39, 0.29) is 0 Å². The van der Waals surface area contributed by atoms with E-state index in [1.165, 1.54) is 34.2 Å². The molecule has 0 atom stereocenters. The summed E-state index contributed by atoms with van der Waals surface area (Å²) in [5.74, 6) is 2.06. The lowest BCUT2D eigenvalue weighted by Crippen LogP contribution is -2.21. The van der Waals surface area contributed by atoms with Crippen LogP contribution in [-0.4, -0.2) is 26.6 Å². The van der Waals surface area contributed by atoms with E-state index in [4.69, 9.17) is 0 Å². The van der Waals surface area contributed by atoms with Crippen LogP contribution in [0.1, 0.15) is 28.2 Å². The molecule has 27 heavy (non-hydrogen) atoms. The monoisotopic (exact) mass is 375 g/mol. The van der Waals surface area contributed by atoms with Crippen LogP contribution in [0.5, 0.6) is 0 Å². The van der Waals surface area contributed by atoms with Crippen molar-refractivity contribution in [2.24, 2.45) is 0 Å². The van der Waals surface area contributed by atoms with Crippen molar-refractivity contribution in [3.63, 3.8) is 0 Å². The molecule has 0 unspecified atom stereocenters. The van der Waals surface area contributed by atoms with Gasteiger partial charge in [0.2, 0.25) is 0 Å². The Labute approximate surface area is 162 Å². The largest absolute Gasteiger partial charge is 0.352 e. The Morgan fingerprint density at radius 1 is 1.11 bits per heavy atom. The smallest absolute Gasteiger partial charge is 0.141 e. The van der Waals surface area contributed by atoms with Crippen molar-refractivity contribution in [2.45, 2.75) is 32.4 Å². The number of aromatic nitrogens is 4. The van der Waals surface area contributed by atoms with E-state index >= 15 is 0 Å². The molecule has 4 aromatic rings. The fraction of sp³-hybridized carbons (Fsp3) is 0.286. The molecule has 0 bridgehead atoms. The second-order valence-corrected chi connectivity index (χ2v) is 8.13. The van der Waals surface area contributed by atoms with Gasteiger partial charge in [-0.05, 0) is 30.4 Å². The van der Waals surface area contributed by atoms with Crippen LogP contribution in [-0.2, 0) is 25.9 Å². The molecule has 0 saturated carbocycles. The van der Waals surface area contributed by atoms with E-state index < -0.39 is 0 Å². The zero-order chi connectivity index (χ0) is 18.2. The lowest BCUT2D eigenvalue weighted by atomic mass is 10.2. The molecule has 0 amide bonds. The van der Waals surface area contributed by atoms with Crippen molar-refractivity contribution in [1.29, 1.82) is 0 Å². The molecule has 1 aliphatic rings. The van der Waals surface area contributed by atoms with Crippen molar-refractivity contribution >= 4 is 27.4 Å². The van der Waals surface area contributed by atoms with Gasteiger partial charge >= 0.3 is 0 Å². The minimum Gasteiger partial charge on any atom is -0.352 e. The lowest BCUT2D eigenvalue weighted by molar-refractivity contribution is 0.704. The molecule has 3 heterocycles. The first-order chi connectivity index (χ1) is 13.3. The minimum atomic E-state index is 0.719. The molecule has 1 aliphatic carbocycles. The molecule has 0 saturated heterocycles. The van der Waals surface area contributed by atoms with Crippen LogP contribution in [0.4, 0.5) is 5.82 Å². The summed E-state index contributed by atoms with van der Waals surface area (Å²) in [6.45, 7) is 1.55. The van der Waals surface area contributed by atoms with E-state index in [9.17, 15) is 0 Å². The Morgan fingerprint density at radius 2 is 2.00 bits per heavy atom. The Kier molecular flexibility index (Phi) is 4.13. The van der Waals surface area contributed by atoms with E-state index in [2.05, 4.69) is 55.7 Å². The summed E-state index contributed by atoms with van der Waals surface area (Å²) >= 11 is 1.83. The number of fused-ring (bicyclic) bond motifs is 3. The summed E-state index contributed by atoms with van der Waals surface area (Å²) < 4.78 is 2.21. The number of benzene rings is 1. The summed E-state index contributed by atoms with van der Waals surface area (Å²) in [4.78, 5) is 18.6. The first-order valence-electron chi connectivity index (χ1n) is 9.30. The highest BCUT2D eigenvalue weighted by atomic mass is 32.1. The maximum atomic E-state index is 4.64. The molecule has 136 valence electrons. The molecular formula is C21H21N5S. The van der Waals surface area contributed by atoms with E-state index in [1.54, 1.807) is 6.33 Å². The Balaban J connectivity index is 1.44. The molecule has 6 heteroatoms. The Bertz CT molecular complexity index is 1080. The zero-order valence-electron chi connectivity index (χ0n) is 15.3. The predicted molar refractivity (Wildman–Crippen MR) is 109 cm³/mol. The van der Waals surface area contributed by atoms with Gasteiger partial charge in [0.05, 0.1) is 11.9 Å². The molecule has 1 aromatic carbocycles. The van der Waals surface area contributed by atoms with Crippen LogP contribution in [0.3, 0.4) is 0 Å². The number of hydrogen-bond donors (Lipinski definition) is 0. The number of hydrogen-bond acceptors (Lipinski definition) is 5. The van der Waals surface area contributed by atoms with Gasteiger partial charge < -0.3 is 9.47 Å². The number of aryl methyl sites for hydroxylation is 2. The average molecular weight is 376 g/mol. The van der Waals surface area contributed by atoms with Crippen LogP contribution < -0.4 is 4.90 Å². The van der Waals surface area contributed by atoms with Crippen LogP contribution in [0.15, 0.2) is 49.1 Å². The zero-order valence-corrected chi connectivity index (χ0v) is 16.1. The third kappa shape index (κ3) is 3.00. The van der Waals surface area contributed by atoms with E-state index in [0.29, 0.717) is 0 Å². The topological polar surface area (TPSA) is 46.8 Å². The third-order valence-electron chi connectivity index (χ3n) is 5.22. The summed E-state index contributed by atoms with van der Waals surface area (Å²) in [7, 11) is 2.10. The summed E-state index contributed by atoms with van der Waals surface area (Å²) in [6.07, 6.45) is 9.19. The van der Waals surface area contributed by atoms with Gasteiger partial charge in [0, 0.05) is 30.9 Å². The third-order valence-corrected chi connectivity index (χ3v) is 6.42. The molecule has 5 rings (SSSR count). The summed E-state index contributed by atoms with van der Waals surface area (Å²) in [5, 5.41) is 1.25. The fourth-order valence-corrected chi connectivity index (χ4v) is 5.13. The molecule has 0 fully saturated rings. The summed E-state index contributed by atoms with van der Waals surface area (Å²) in [5.41, 5.74) is 2.74. The van der Waals surface area contributed by atoms with Crippen molar-refractivity contribution in [3.05, 3.63) is 70.9 Å². The van der Waals surface area contributed by atoms with Crippen molar-refractivity contribution < 1.29 is 0 Å². The van der Waals surface area contributed by atoms with Crippen LogP contribution in [0.25, 0.3) is 10.2 Å². The Hall–Kier alpha value is -2.73. The van der Waals surface area contributed by atoms with Crippen molar-refractivity contribution in [2.75, 3.05) is 11.9 Å². The van der Waals surface area contributed by atoms with Crippen LogP contribution in [0.2, 0.25) is 0 Å². The van der Waals surface area contributed by atoms with Gasteiger partial charge in [0.15, 0.2) is 0 Å². The van der Waals surface area contributed by atoms with Crippen LogP contribution >= 0.6 is 11.3 Å². The highest BCUT2D eigenvalue weighted by Crippen LogP contribution is 2.40. The molecule has 5 nitrogen and oxygen atoms in total. The molecule has 0 N–H and O–H groups in total. The minimum absolute atomic E-state index is 0.719. The van der Waals surface area contributed by atoms with Crippen molar-refractivity contribution in [1.82, 2.24) is 19.5 Å². The standard InChI is InChI=1S/C21H21N5S/c1-25(13-18-22-10-11-26(18)12-15-6-3-2-4-7-15)20-19-16-8-5-9-17(16)27-21(19)24-14-23-20/h2-4,6-7,10-11,14H,5,8-9,12-13H2,1H3. The van der Waals surface area contributed by atoms with Gasteiger partial charge in [-0.15, -0.1) is 11.3 Å². The molecular weight excluding hydrogens is 354 g/mol. The maximum absolute atomic E-state index is 4.64. The summed E-state index contributed by atoms with van der Waals surface area (Å²) in [6, 6.07) is 10.5. The number of imidazole rings is 1. The second kappa shape index (κ2) is 6.78. The predicted octanol–water partition coefficient (Wildman–Crippen LogP) is 4.06. The number of nitrogens with zero attached hydrogens (tertiary/aromatic N) is 5. The highest BCUT2D eigenvalue weighted by Gasteiger charge is 2.23. The van der Waals surface area contributed by atoms with Gasteiger partial charge in [0.25, 0.3) is 0 Å². The normalized spacial score (nSPS) is 13.2. The van der Waals surface area contributed by atoms with Crippen molar-refractivity contribution in [3.8, 4) is 0 Å². The maximum Gasteiger partial charge on any atom is 0.141 e.